The Labute approximate surface area is 82.6 Å². The van der Waals surface area contributed by atoms with Gasteiger partial charge in [0, 0.05) is 13.0 Å². The number of aliphatic hydroxyl groups excluding tert-OH is 1. The third kappa shape index (κ3) is 11.3. The van der Waals surface area contributed by atoms with Crippen molar-refractivity contribution in [3.8, 4) is 23.3 Å². The average Bonchev–Trinajstić information content (AvgIpc) is 2.01. The van der Waals surface area contributed by atoms with Gasteiger partial charge in [0.25, 0.3) is 0 Å². The van der Waals surface area contributed by atoms with Crippen molar-refractivity contribution >= 4 is 8.07 Å². The molecule has 0 aromatic heterocycles. The lowest BCUT2D eigenvalue weighted by Crippen LogP contribution is -2.16. The molecule has 0 atom stereocenters. The monoisotopic (exact) mass is 194 g/mol. The molecule has 72 valence electrons. The van der Waals surface area contributed by atoms with E-state index in [0.717, 1.165) is 19.3 Å². The summed E-state index contributed by atoms with van der Waals surface area (Å²) in [6, 6.07) is 0. The number of aliphatic hydroxyl groups is 1. The summed E-state index contributed by atoms with van der Waals surface area (Å²) < 4.78 is 0. The van der Waals surface area contributed by atoms with E-state index >= 15 is 0 Å². The van der Waals surface area contributed by atoms with Crippen LogP contribution in [-0.2, 0) is 0 Å². The van der Waals surface area contributed by atoms with Crippen LogP contribution >= 0.6 is 0 Å². The first kappa shape index (κ1) is 12.3. The van der Waals surface area contributed by atoms with Crippen molar-refractivity contribution in [2.24, 2.45) is 0 Å². The lowest BCUT2D eigenvalue weighted by Gasteiger charge is -2.01. The molecular formula is C11H18OSi. The van der Waals surface area contributed by atoms with Crippen LogP contribution < -0.4 is 0 Å². The molecule has 0 saturated heterocycles. The highest BCUT2D eigenvalue weighted by molar-refractivity contribution is 6.83. The van der Waals surface area contributed by atoms with Gasteiger partial charge in [-0.05, 0) is 24.7 Å². The fraction of sp³-hybridized carbons (Fsp3) is 0.636. The van der Waals surface area contributed by atoms with E-state index in [9.17, 15) is 0 Å². The topological polar surface area (TPSA) is 20.2 Å². The summed E-state index contributed by atoms with van der Waals surface area (Å²) >= 11 is 0. The first-order valence-electron chi connectivity index (χ1n) is 4.67. The third-order valence-corrected chi connectivity index (χ3v) is 2.17. The fourth-order valence-electron chi connectivity index (χ4n) is 0.651. The zero-order valence-corrected chi connectivity index (χ0v) is 9.78. The Kier molecular flexibility index (Phi) is 6.41. The quantitative estimate of drug-likeness (QED) is 0.414. The number of hydrogen-bond donors (Lipinski definition) is 1. The highest BCUT2D eigenvalue weighted by atomic mass is 28.3. The minimum absolute atomic E-state index is 0.266. The van der Waals surface area contributed by atoms with Crippen LogP contribution in [-0.4, -0.2) is 19.8 Å². The second-order valence-corrected chi connectivity index (χ2v) is 8.73. The Bertz CT molecular complexity index is 241. The molecule has 1 nitrogen and oxygen atoms in total. The van der Waals surface area contributed by atoms with Crippen LogP contribution in [0.1, 0.15) is 19.3 Å². The van der Waals surface area contributed by atoms with Crippen molar-refractivity contribution in [2.75, 3.05) is 6.61 Å². The first-order valence-corrected chi connectivity index (χ1v) is 8.17. The maximum Gasteiger partial charge on any atom is 0.130 e. The van der Waals surface area contributed by atoms with Gasteiger partial charge in [-0.2, -0.15) is 0 Å². The van der Waals surface area contributed by atoms with Crippen molar-refractivity contribution in [2.45, 2.75) is 38.9 Å². The molecule has 0 aliphatic carbocycles. The zero-order chi connectivity index (χ0) is 10.2. The molecular weight excluding hydrogens is 176 g/mol. The van der Waals surface area contributed by atoms with Crippen LogP contribution in [0.15, 0.2) is 0 Å². The van der Waals surface area contributed by atoms with E-state index in [1.807, 2.05) is 0 Å². The van der Waals surface area contributed by atoms with Crippen molar-refractivity contribution in [3.63, 3.8) is 0 Å². The summed E-state index contributed by atoms with van der Waals surface area (Å²) in [6.07, 6.45) is 2.66. The van der Waals surface area contributed by atoms with Gasteiger partial charge in [-0.15, -0.1) is 5.54 Å². The van der Waals surface area contributed by atoms with Gasteiger partial charge in [0.05, 0.1) is 0 Å². The predicted octanol–water partition coefficient (Wildman–Crippen LogP) is 2.03. The predicted molar refractivity (Wildman–Crippen MR) is 59.8 cm³/mol. The molecule has 0 aromatic carbocycles. The van der Waals surface area contributed by atoms with E-state index in [4.69, 9.17) is 5.11 Å². The number of unbranched alkanes of at least 4 members (excludes halogenated alkanes) is 2. The smallest absolute Gasteiger partial charge is 0.130 e. The summed E-state index contributed by atoms with van der Waals surface area (Å²) in [4.78, 5) is 0. The second kappa shape index (κ2) is 6.77. The summed E-state index contributed by atoms with van der Waals surface area (Å²) in [6.45, 7) is 6.87. The van der Waals surface area contributed by atoms with E-state index in [1.165, 1.54) is 0 Å². The van der Waals surface area contributed by atoms with Gasteiger partial charge >= 0.3 is 0 Å². The molecule has 2 heteroatoms. The molecule has 0 unspecified atom stereocenters. The van der Waals surface area contributed by atoms with E-state index in [0.29, 0.717) is 0 Å². The molecule has 0 aliphatic rings. The molecule has 0 spiro atoms. The highest BCUT2D eigenvalue weighted by Crippen LogP contribution is 1.95. The molecule has 0 rings (SSSR count). The van der Waals surface area contributed by atoms with Crippen LogP contribution in [0.4, 0.5) is 0 Å². The molecule has 1 N–H and O–H groups in total. The Morgan fingerprint density at radius 2 is 1.77 bits per heavy atom. The average molecular weight is 194 g/mol. The maximum atomic E-state index is 8.51. The summed E-state index contributed by atoms with van der Waals surface area (Å²) in [7, 11) is -1.24. The van der Waals surface area contributed by atoms with Crippen molar-refractivity contribution in [3.05, 3.63) is 0 Å². The Morgan fingerprint density at radius 3 is 2.31 bits per heavy atom. The Hall–Kier alpha value is -0.703. The summed E-state index contributed by atoms with van der Waals surface area (Å²) in [5, 5.41) is 8.51. The van der Waals surface area contributed by atoms with Crippen LogP contribution in [0.25, 0.3) is 0 Å². The zero-order valence-electron chi connectivity index (χ0n) is 8.78. The minimum Gasteiger partial charge on any atom is -0.396 e. The van der Waals surface area contributed by atoms with E-state index in [1.54, 1.807) is 0 Å². The van der Waals surface area contributed by atoms with E-state index < -0.39 is 8.07 Å². The maximum absolute atomic E-state index is 8.51. The van der Waals surface area contributed by atoms with Gasteiger partial charge in [-0.1, -0.05) is 25.6 Å². The van der Waals surface area contributed by atoms with Crippen molar-refractivity contribution < 1.29 is 5.11 Å². The molecule has 13 heavy (non-hydrogen) atoms. The van der Waals surface area contributed by atoms with Crippen LogP contribution in [0, 0.1) is 23.3 Å². The molecule has 0 aromatic rings. The van der Waals surface area contributed by atoms with Crippen molar-refractivity contribution in [1.82, 2.24) is 0 Å². The van der Waals surface area contributed by atoms with Gasteiger partial charge in [0.15, 0.2) is 0 Å². The van der Waals surface area contributed by atoms with E-state index in [-0.39, 0.29) is 6.61 Å². The second-order valence-electron chi connectivity index (χ2n) is 3.98. The van der Waals surface area contributed by atoms with E-state index in [2.05, 4.69) is 42.9 Å². The largest absolute Gasteiger partial charge is 0.396 e. The first-order chi connectivity index (χ1) is 6.06. The van der Waals surface area contributed by atoms with Crippen LogP contribution in [0.3, 0.4) is 0 Å². The highest BCUT2D eigenvalue weighted by Gasteiger charge is 2.06. The summed E-state index contributed by atoms with van der Waals surface area (Å²) in [5.41, 5.74) is 3.18. The third-order valence-electron chi connectivity index (χ3n) is 1.30. The normalized spacial score (nSPS) is 9.54. The fourth-order valence-corrected chi connectivity index (χ4v) is 1.09. The van der Waals surface area contributed by atoms with Crippen LogP contribution in [0.5, 0.6) is 0 Å². The standard InChI is InChI=1S/C11H18OSi/c1-13(2,3)11-9-7-5-4-6-8-10-12/h12H,4,6,8,10H2,1-3H3. The SMILES string of the molecule is C[Si](C)(C)C#CC#CCCCCO. The van der Waals surface area contributed by atoms with Gasteiger partial charge in [0.2, 0.25) is 0 Å². The molecule has 0 saturated carbocycles. The number of rotatable bonds is 3. The van der Waals surface area contributed by atoms with Crippen LogP contribution in [0.2, 0.25) is 19.6 Å². The molecule has 0 amide bonds. The van der Waals surface area contributed by atoms with Gasteiger partial charge < -0.3 is 5.11 Å². The molecule has 0 heterocycles. The molecule has 0 fully saturated rings. The molecule has 0 radical (unpaired) electrons. The minimum atomic E-state index is -1.24. The molecule has 0 aliphatic heterocycles. The Balaban J connectivity index is 3.65. The van der Waals surface area contributed by atoms with Gasteiger partial charge in [-0.25, -0.2) is 0 Å². The van der Waals surface area contributed by atoms with Crippen molar-refractivity contribution in [1.29, 1.82) is 0 Å². The number of hydrogen-bond acceptors (Lipinski definition) is 1. The Morgan fingerprint density at radius 1 is 1.08 bits per heavy atom. The molecule has 0 bridgehead atoms. The lowest BCUT2D eigenvalue weighted by molar-refractivity contribution is 0.285. The lowest BCUT2D eigenvalue weighted by atomic mass is 10.2. The van der Waals surface area contributed by atoms with Gasteiger partial charge in [0.1, 0.15) is 8.07 Å². The van der Waals surface area contributed by atoms with Gasteiger partial charge in [-0.3, -0.25) is 0 Å². The summed E-state index contributed by atoms with van der Waals surface area (Å²) in [5.74, 6) is 8.71.